The van der Waals surface area contributed by atoms with Crippen molar-refractivity contribution in [2.24, 2.45) is 5.92 Å². The Bertz CT molecular complexity index is 5550. The van der Waals surface area contributed by atoms with E-state index in [1.165, 1.54) is 6.42 Å². The van der Waals surface area contributed by atoms with E-state index < -0.39 is 46.2 Å². The molecule has 0 aliphatic rings. The molecule has 0 saturated carbocycles. The van der Waals surface area contributed by atoms with Gasteiger partial charge in [-0.3, -0.25) is 38.8 Å². The minimum atomic E-state index is -3.72. The number of nitrogens with one attached hydrogen (secondary N) is 4. The van der Waals surface area contributed by atoms with Crippen LogP contribution >= 0.6 is 0 Å². The summed E-state index contributed by atoms with van der Waals surface area (Å²) in [6.07, 6.45) is 10.0. The topological polar surface area (TPSA) is 341 Å². The summed E-state index contributed by atoms with van der Waals surface area (Å²) in [7, 11) is -10.6. The van der Waals surface area contributed by atoms with Crippen LogP contribution in [-0.4, -0.2) is 137 Å². The molecule has 0 aliphatic carbocycles. The molecule has 9 N–H and O–H groups in total. The highest BCUT2D eigenvalue weighted by atomic mass is 32.2. The van der Waals surface area contributed by atoms with E-state index >= 15 is 0 Å². The van der Waals surface area contributed by atoms with Crippen molar-refractivity contribution in [1.29, 1.82) is 0 Å². The molecule has 8 aromatic carbocycles. The van der Waals surface area contributed by atoms with E-state index in [9.17, 15) is 49.0 Å². The van der Waals surface area contributed by atoms with Crippen molar-refractivity contribution >= 4 is 106 Å². The largest absolute Gasteiger partial charge is 0.396 e. The second-order valence-corrected chi connectivity index (χ2v) is 34.8. The van der Waals surface area contributed by atoms with E-state index in [1.807, 2.05) is 113 Å². The van der Waals surface area contributed by atoms with Crippen molar-refractivity contribution in [3.63, 3.8) is 0 Å². The molecule has 26 heteroatoms. The lowest BCUT2D eigenvalue weighted by atomic mass is 10.0. The van der Waals surface area contributed by atoms with Crippen LogP contribution in [0.2, 0.25) is 0 Å². The summed E-state index contributed by atoms with van der Waals surface area (Å²) >= 11 is 0. The number of rotatable bonds is 33. The Kier molecular flexibility index (Phi) is 31.6. The maximum atomic E-state index is 12.8. The highest BCUT2D eigenvalue weighted by Crippen LogP contribution is 2.31. The Morgan fingerprint density at radius 1 is 0.321 bits per heavy atom. The molecule has 22 nitrogen and oxygen atoms in total. The number of hydrogen-bond acceptors (Lipinski definition) is 18. The van der Waals surface area contributed by atoms with Crippen LogP contribution in [-0.2, 0) is 65.8 Å². The summed E-state index contributed by atoms with van der Waals surface area (Å²) in [5.41, 5.74) is 11.8. The number of hydrogen-bond donors (Lipinski definition) is 9. The van der Waals surface area contributed by atoms with Gasteiger partial charge in [-0.25, -0.2) is 33.7 Å². The van der Waals surface area contributed by atoms with Crippen LogP contribution in [0.25, 0.3) is 43.6 Å². The van der Waals surface area contributed by atoms with Gasteiger partial charge in [0.1, 0.15) is 0 Å². The zero-order chi connectivity index (χ0) is 80.4. The number of aromatic nitrogens is 4. The van der Waals surface area contributed by atoms with Gasteiger partial charge in [0.05, 0.1) is 77.1 Å². The van der Waals surface area contributed by atoms with Crippen LogP contribution in [0.4, 0.5) is 22.7 Å². The van der Waals surface area contributed by atoms with Crippen molar-refractivity contribution in [2.75, 3.05) is 66.0 Å². The first-order chi connectivity index (χ1) is 53.7. The normalized spacial score (nSPS) is 12.0. The average Bonchev–Trinajstić information content (AvgIpc) is 0.810. The predicted octanol–water partition coefficient (Wildman–Crippen LogP) is 14.6. The highest BCUT2D eigenvalue weighted by Gasteiger charge is 2.22. The van der Waals surface area contributed by atoms with Gasteiger partial charge >= 0.3 is 0 Å². The van der Waals surface area contributed by atoms with Crippen molar-refractivity contribution in [2.45, 2.75) is 137 Å². The van der Waals surface area contributed by atoms with E-state index in [0.717, 1.165) is 118 Å². The fourth-order valence-electron chi connectivity index (χ4n) is 12.0. The minimum absolute atomic E-state index is 0.0777. The Morgan fingerprint density at radius 2 is 0.607 bits per heavy atom. The lowest BCUT2D eigenvalue weighted by molar-refractivity contribution is 0.0866. The first-order valence-corrected chi connectivity index (χ1v) is 43.3. The zero-order valence-electron chi connectivity index (χ0n) is 64.0. The van der Waals surface area contributed by atoms with Crippen molar-refractivity contribution < 1.29 is 59.2 Å². The molecular formula is C86H101N9O13S4. The average molecular weight is 1600 g/mol. The number of nitrogens with zero attached hydrogens (tertiary/aromatic N) is 5. The van der Waals surface area contributed by atoms with Crippen LogP contribution in [0.3, 0.4) is 0 Å². The SMILES string of the molecule is Cc1ccc(S(=O)(=O)Nc2cccc3ccc(CCC(CO)CO)nc23)cc1.Cc1ccc(S(=O)(=O)Nc2cccc3ccc(CCCC(O)CO)nc23)cc1.Cc1ccc(S(=O)(=O)Nc2cccc3ccc(CCCCCN(C)C)nc23)cc1.Cc1ccc(S(=O)(=O)Nc2cccc3ccc(CCCCCO)nc23)cc1. The number of unbranched alkanes of at least 4 members (excludes halogenated alkanes) is 4. The molecule has 0 amide bonds. The molecule has 0 saturated heterocycles. The molecule has 0 aliphatic heterocycles. The molecular weight excluding hydrogens is 1500 g/mol. The van der Waals surface area contributed by atoms with E-state index in [4.69, 9.17) is 15.2 Å². The third kappa shape index (κ3) is 25.3. The highest BCUT2D eigenvalue weighted by molar-refractivity contribution is 7.93. The molecule has 112 heavy (non-hydrogen) atoms. The van der Waals surface area contributed by atoms with Gasteiger partial charge in [-0.15, -0.1) is 0 Å². The molecule has 4 aromatic heterocycles. The monoisotopic (exact) mass is 1600 g/mol. The summed E-state index contributed by atoms with van der Waals surface area (Å²) in [5, 5.41) is 49.1. The lowest BCUT2D eigenvalue weighted by Crippen LogP contribution is -2.14. The fourth-order valence-corrected chi connectivity index (χ4v) is 16.3. The number of aliphatic hydroxyl groups is 5. The van der Waals surface area contributed by atoms with Gasteiger partial charge in [0.2, 0.25) is 0 Å². The lowest BCUT2D eigenvalue weighted by Gasteiger charge is -2.13. The van der Waals surface area contributed by atoms with Gasteiger partial charge in [-0.1, -0.05) is 156 Å². The van der Waals surface area contributed by atoms with Crippen LogP contribution in [0.5, 0.6) is 0 Å². The third-order valence-electron chi connectivity index (χ3n) is 18.5. The van der Waals surface area contributed by atoms with E-state index in [2.05, 4.69) is 52.8 Å². The predicted molar refractivity (Wildman–Crippen MR) is 448 cm³/mol. The number of para-hydroxylation sites is 4. The molecule has 0 radical (unpaired) electrons. The van der Waals surface area contributed by atoms with Gasteiger partial charge in [0.25, 0.3) is 40.1 Å². The standard InChI is InChI=1S/C23H29N3O2S.2C21H24N2O4S.C21H24N2O3S/c1-18-11-15-21(16-12-18)29(27,28)25-22-10-7-8-19-13-14-20(24-23(19)22)9-5-4-6-17-26(2)3;1-15-8-12-19(13-9-15)28(26,27)23-20-7-2-4-16-10-11-17(22-21(16)20)5-3-6-18(25)14-24;1-15-5-11-19(12-6-15)28(26,27)23-20-4-2-3-17-8-10-18(22-21(17)20)9-7-16(13-24)14-25;1-16-9-13-19(14-10-16)27(25,26)23-20-8-5-6-17-11-12-18(22-21(17)20)7-3-2-4-15-24/h7-8,10-16,25H,4-6,9,17H2,1-3H3;2,4,7-13,18,23-25H,3,5-6,14H2,1H3;2-6,8,10-12,16,23-25H,7,9,13-14H2,1H3;5-6,8-14,23-24H,2-4,7,15H2,1H3. The zero-order valence-corrected chi connectivity index (χ0v) is 67.3. The van der Waals surface area contributed by atoms with E-state index in [1.54, 1.807) is 133 Å². The number of sulfonamides is 4. The third-order valence-corrected chi connectivity index (χ3v) is 24.1. The van der Waals surface area contributed by atoms with E-state index in [0.29, 0.717) is 76.9 Å². The van der Waals surface area contributed by atoms with E-state index in [-0.39, 0.29) is 51.9 Å². The molecule has 0 bridgehead atoms. The Balaban J connectivity index is 0.000000171. The molecule has 0 fully saturated rings. The van der Waals surface area contributed by atoms with Crippen molar-refractivity contribution in [3.8, 4) is 0 Å². The molecule has 12 aromatic rings. The first-order valence-electron chi connectivity index (χ1n) is 37.3. The smallest absolute Gasteiger partial charge is 0.261 e. The Hall–Kier alpha value is -9.84. The number of benzene rings is 8. The van der Waals surface area contributed by atoms with Crippen molar-refractivity contribution in [3.05, 3.63) is 263 Å². The second-order valence-electron chi connectivity index (χ2n) is 28.0. The minimum Gasteiger partial charge on any atom is -0.396 e. The fraction of sp³-hybridized carbons (Fsp3) is 0.302. The summed E-state index contributed by atoms with van der Waals surface area (Å²) in [6.45, 7) is 8.54. The van der Waals surface area contributed by atoms with Gasteiger partial charge in [-0.05, 0) is 216 Å². The molecule has 592 valence electrons. The summed E-state index contributed by atoms with van der Waals surface area (Å²) in [5.74, 6) is -0.187. The molecule has 1 unspecified atom stereocenters. The molecule has 1 atom stereocenters. The number of fused-ring (bicyclic) bond motifs is 4. The number of aliphatic hydroxyl groups excluding tert-OH is 5. The van der Waals surface area contributed by atoms with Crippen molar-refractivity contribution in [1.82, 2.24) is 24.8 Å². The first kappa shape index (κ1) is 86.1. The Labute approximate surface area is 658 Å². The van der Waals surface area contributed by atoms with Crippen LogP contribution < -0.4 is 18.9 Å². The summed E-state index contributed by atoms with van der Waals surface area (Å²) < 4.78 is 113. The van der Waals surface area contributed by atoms with Gasteiger partial charge in [0, 0.05) is 70.1 Å². The van der Waals surface area contributed by atoms with Crippen LogP contribution in [0, 0.1) is 33.6 Å². The number of aryl methyl sites for hydroxylation is 8. The quantitative estimate of drug-likeness (QED) is 0.0173. The van der Waals surface area contributed by atoms with Gasteiger partial charge in [0.15, 0.2) is 0 Å². The molecule has 12 rings (SSSR count). The Morgan fingerprint density at radius 3 is 0.884 bits per heavy atom. The molecule has 4 heterocycles. The summed E-state index contributed by atoms with van der Waals surface area (Å²) in [6, 6.07) is 64.2. The maximum Gasteiger partial charge on any atom is 0.261 e. The van der Waals surface area contributed by atoms with Gasteiger partial charge in [-0.2, -0.15) is 0 Å². The summed E-state index contributed by atoms with van der Waals surface area (Å²) in [4.78, 5) is 21.7. The number of pyridine rings is 4. The second kappa shape index (κ2) is 41.1. The maximum absolute atomic E-state index is 12.8. The van der Waals surface area contributed by atoms with Gasteiger partial charge < -0.3 is 30.4 Å². The molecule has 0 spiro atoms. The van der Waals surface area contributed by atoms with Crippen LogP contribution in [0.15, 0.2) is 238 Å². The number of anilines is 4. The van der Waals surface area contributed by atoms with Crippen LogP contribution in [0.1, 0.15) is 103 Å².